The summed E-state index contributed by atoms with van der Waals surface area (Å²) in [6.07, 6.45) is 19.2. The molecule has 0 spiro atoms. The number of nitrogen functional groups attached to an aromatic ring is 2. The Kier molecular flexibility index (Phi) is 22.6. The van der Waals surface area contributed by atoms with Crippen molar-refractivity contribution in [2.45, 2.75) is 175 Å². The number of carboxylic acid groups (broad SMARTS) is 1. The van der Waals surface area contributed by atoms with Crippen molar-refractivity contribution in [2.75, 3.05) is 63.2 Å². The van der Waals surface area contributed by atoms with Gasteiger partial charge in [0.05, 0.1) is 56.9 Å². The van der Waals surface area contributed by atoms with Crippen LogP contribution in [0.1, 0.15) is 183 Å². The number of ketones is 1. The molecular weight excluding hydrogens is 1090 g/mol. The lowest BCUT2D eigenvalue weighted by atomic mass is 9.89. The van der Waals surface area contributed by atoms with Gasteiger partial charge in [-0.1, -0.05) is 60.7 Å². The third-order valence-electron chi connectivity index (χ3n) is 17.1. The number of carboxylic acids is 1. The first-order chi connectivity index (χ1) is 39.6. The number of aromatic nitrogens is 4. The van der Waals surface area contributed by atoms with Crippen molar-refractivity contribution in [3.8, 4) is 0 Å². The zero-order chi connectivity index (χ0) is 58.0. The number of Topliss-reactive ketones (excluding diaryl/α,β-unsaturated/α-hetero) is 1. The zero-order valence-corrected chi connectivity index (χ0v) is 49.1. The number of amides is 2. The van der Waals surface area contributed by atoms with Crippen molar-refractivity contribution in [2.24, 2.45) is 11.8 Å². The molecule has 83 heavy (non-hydrogen) atoms. The van der Waals surface area contributed by atoms with Gasteiger partial charge in [0.25, 0.3) is 0 Å². The first kappa shape index (κ1) is 63.0. The van der Waals surface area contributed by atoms with Gasteiger partial charge in [0.2, 0.25) is 5.78 Å². The monoisotopic (exact) mass is 1180 g/mol. The van der Waals surface area contributed by atoms with E-state index in [0.717, 1.165) is 59.6 Å². The number of hydrogen-bond donors (Lipinski definition) is 5. The molecule has 4 aromatic heterocycles. The fourth-order valence-electron chi connectivity index (χ4n) is 12.0. The summed E-state index contributed by atoms with van der Waals surface area (Å²) in [5.74, 6) is -0.196. The van der Waals surface area contributed by atoms with Crippen LogP contribution in [0.25, 0.3) is 20.4 Å². The highest BCUT2D eigenvalue weighted by atomic mass is 32.1. The number of halogens is 1. The molecular formula is C64H90FN11O5S2. The highest BCUT2D eigenvalue weighted by Gasteiger charge is 2.37. The maximum Gasteiger partial charge on any atom is 0.372 e. The molecule has 2 amide bonds. The molecule has 16 nitrogen and oxygen atoms in total. The Balaban J connectivity index is 0.000000193. The van der Waals surface area contributed by atoms with Crippen LogP contribution < -0.4 is 22.1 Å². The quantitative estimate of drug-likeness (QED) is 0.0719. The van der Waals surface area contributed by atoms with Crippen LogP contribution in [-0.2, 0) is 38.4 Å². The predicted octanol–water partition coefficient (Wildman–Crippen LogP) is 12.1. The average Bonchev–Trinajstić information content (AvgIpc) is 4.21. The Morgan fingerprint density at radius 2 is 1.23 bits per heavy atom. The summed E-state index contributed by atoms with van der Waals surface area (Å²) in [4.78, 5) is 73.1. The van der Waals surface area contributed by atoms with Crippen LogP contribution in [0.4, 0.5) is 21.7 Å². The maximum atomic E-state index is 13.5. The summed E-state index contributed by atoms with van der Waals surface area (Å²) in [6, 6.07) is 19.0. The number of piperidine rings is 4. The Bertz CT molecular complexity index is 3170. The molecule has 19 heteroatoms. The minimum absolute atomic E-state index is 0. The van der Waals surface area contributed by atoms with Crippen LogP contribution in [0.5, 0.6) is 0 Å². The van der Waals surface area contributed by atoms with Crippen LogP contribution in [0.2, 0.25) is 0 Å². The standard InChI is InChI=1S/C30H38N6O2S.C21H29N3S.C10H12N2O3.CH3F.2CH4/c1-3-19-14-22(16-32-27(19)31)33-28(37)30(38)36-17-18(2)4-8-25(36)21-5-9-26-24(15-21)34-29(39-26)20-10-12-35(13-11-20)23-6-7-23;1-14-2-6-18(22-13-14)16-3-7-20-19(12-16)23-21(25-20)15-8-10-24(11-9-15)17-4-5-17;1-2-7-3-6(5-12-9(7)11)4-8(13)10(14)15;1-2;;/h5,9,14-16,18,20,23,25H,3-4,6-8,10-13,17H2,1-2H3,(H2,31,32)(H,33,37);3,7,12,14-15,17-18,22H,2,4-6,8-11,13H2,1H3;3,5H,2,4H2,1H3,(H2,11,12)(H,14,15);1H3;2*1H4/t18-,25+;14-,18+;;;;/m00..../s1/i;;;1D;;. The van der Waals surface area contributed by atoms with E-state index < -0.39 is 30.7 Å². The van der Waals surface area contributed by atoms with Gasteiger partial charge >= 0.3 is 17.8 Å². The van der Waals surface area contributed by atoms with Crippen LogP contribution in [0.15, 0.2) is 60.9 Å². The maximum absolute atomic E-state index is 13.5. The number of anilines is 3. The number of fused-ring (bicyclic) bond motifs is 2. The second kappa shape index (κ2) is 29.7. The van der Waals surface area contributed by atoms with Gasteiger partial charge in [-0.3, -0.25) is 18.8 Å². The molecule has 7 N–H and O–H groups in total. The van der Waals surface area contributed by atoms with E-state index in [-0.39, 0.29) is 27.3 Å². The number of aliphatic carboxylic acids is 1. The summed E-state index contributed by atoms with van der Waals surface area (Å²) in [5.41, 5.74) is 18.9. The molecule has 2 saturated carbocycles. The van der Waals surface area contributed by atoms with E-state index in [1.807, 2.05) is 36.5 Å². The van der Waals surface area contributed by atoms with Gasteiger partial charge in [-0.2, -0.15) is 0 Å². The van der Waals surface area contributed by atoms with Crippen molar-refractivity contribution < 1.29 is 30.0 Å². The molecule has 12 rings (SSSR count). The van der Waals surface area contributed by atoms with E-state index in [1.54, 1.807) is 17.0 Å². The molecule has 6 fully saturated rings. The highest BCUT2D eigenvalue weighted by molar-refractivity contribution is 7.19. The lowest BCUT2D eigenvalue weighted by Crippen LogP contribution is -2.46. The van der Waals surface area contributed by atoms with Crippen LogP contribution in [-0.4, -0.2) is 122 Å². The topological polar surface area (TPSA) is 226 Å². The van der Waals surface area contributed by atoms with Crippen molar-refractivity contribution in [3.63, 3.8) is 0 Å². The second-order valence-corrected chi connectivity index (χ2v) is 25.3. The highest BCUT2D eigenvalue weighted by Crippen LogP contribution is 2.41. The number of hydrogen-bond acceptors (Lipinski definition) is 15. The minimum Gasteiger partial charge on any atom is -0.475 e. The van der Waals surface area contributed by atoms with E-state index in [9.17, 15) is 23.6 Å². The van der Waals surface area contributed by atoms with Gasteiger partial charge in [-0.15, -0.1) is 22.7 Å². The molecule has 2 aliphatic carbocycles. The van der Waals surface area contributed by atoms with Crippen LogP contribution in [0, 0.1) is 11.8 Å². The van der Waals surface area contributed by atoms with E-state index in [0.29, 0.717) is 66.1 Å². The largest absolute Gasteiger partial charge is 0.475 e. The first-order valence-electron chi connectivity index (χ1n) is 30.0. The molecule has 4 atom stereocenters. The fourth-order valence-corrected chi connectivity index (χ4v) is 14.2. The normalized spacial score (nSPS) is 21.6. The van der Waals surface area contributed by atoms with Gasteiger partial charge in [0.1, 0.15) is 11.6 Å². The molecule has 8 heterocycles. The van der Waals surface area contributed by atoms with Gasteiger partial charge in [-0.05, 0) is 193 Å². The summed E-state index contributed by atoms with van der Waals surface area (Å²) in [6.45, 7) is 15.0. The van der Waals surface area contributed by atoms with E-state index in [1.165, 1.54) is 133 Å². The number of nitrogens with one attached hydrogen (secondary N) is 2. The number of pyridine rings is 2. The third kappa shape index (κ3) is 16.5. The molecule has 6 aromatic rings. The molecule has 6 aliphatic rings. The van der Waals surface area contributed by atoms with Crippen molar-refractivity contribution >= 4 is 84.0 Å². The predicted molar refractivity (Wildman–Crippen MR) is 336 cm³/mol. The van der Waals surface area contributed by atoms with Crippen molar-refractivity contribution in [1.82, 2.24) is 40.0 Å². The Morgan fingerprint density at radius 1 is 0.711 bits per heavy atom. The SMILES string of the molecule is C.C.CCc1cc(CC(=O)C(=O)O)cnc1N.CCc1cc(NC(=O)C(=O)N2C[C@@H](C)CC[C@@H]2c2ccc3sc(C4CCN(C5CC5)CC4)nc3c2)cnc1N.C[C@H]1CC[C@H](c2ccc3sc(C4CCN(C5CC5)CC4)nc3c2)NC1.[2H]CF. The number of alkyl halides is 1. The van der Waals surface area contributed by atoms with Crippen LogP contribution >= 0.6 is 22.7 Å². The summed E-state index contributed by atoms with van der Waals surface area (Å²) >= 11 is 3.75. The summed E-state index contributed by atoms with van der Waals surface area (Å²) < 4.78 is 18.1. The smallest absolute Gasteiger partial charge is 0.372 e. The number of thiazole rings is 2. The number of nitrogens with two attached hydrogens (primary N) is 2. The molecule has 4 aliphatic heterocycles. The first-order valence-corrected chi connectivity index (χ1v) is 31.0. The Hall–Kier alpha value is -5.99. The summed E-state index contributed by atoms with van der Waals surface area (Å²) in [5, 5.41) is 17.5. The molecule has 0 radical (unpaired) electrons. The number of nitrogens with zero attached hydrogens (tertiary/aromatic N) is 7. The molecule has 450 valence electrons. The van der Waals surface area contributed by atoms with E-state index in [2.05, 4.69) is 80.6 Å². The Labute approximate surface area is 500 Å². The van der Waals surface area contributed by atoms with Crippen molar-refractivity contribution in [1.29, 1.82) is 0 Å². The second-order valence-electron chi connectivity index (χ2n) is 23.2. The van der Waals surface area contributed by atoms with Gasteiger partial charge < -0.3 is 41.9 Å². The molecule has 4 saturated heterocycles. The zero-order valence-electron chi connectivity index (χ0n) is 48.5. The molecule has 0 bridgehead atoms. The van der Waals surface area contributed by atoms with Crippen molar-refractivity contribution in [3.05, 3.63) is 98.8 Å². The average molecular weight is 1180 g/mol. The Morgan fingerprint density at radius 3 is 1.75 bits per heavy atom. The van der Waals surface area contributed by atoms with E-state index in [4.69, 9.17) is 27.9 Å². The number of benzene rings is 2. The molecule has 0 unspecified atom stereocenters. The lowest BCUT2D eigenvalue weighted by Gasteiger charge is -2.38. The third-order valence-corrected chi connectivity index (χ3v) is 19.5. The summed E-state index contributed by atoms with van der Waals surface area (Å²) in [7, 11) is -1.00. The minimum atomic E-state index is -1.43. The van der Waals surface area contributed by atoms with Gasteiger partial charge in [0, 0.05) is 49.1 Å². The number of aryl methyl sites for hydroxylation is 2. The molecule has 2 aromatic carbocycles. The number of carbonyl (C=O) groups excluding carboxylic acids is 3. The number of likely N-dealkylation sites (tertiary alicyclic amines) is 3. The van der Waals surface area contributed by atoms with Gasteiger partial charge in [-0.25, -0.2) is 24.7 Å². The number of carbonyl (C=O) groups is 4. The number of rotatable bonds is 12. The van der Waals surface area contributed by atoms with Crippen LogP contribution in [0.3, 0.4) is 0 Å². The fraction of sp³-hybridized carbons (Fsp3) is 0.562. The van der Waals surface area contributed by atoms with E-state index >= 15 is 0 Å². The lowest BCUT2D eigenvalue weighted by molar-refractivity contribution is -0.148. The van der Waals surface area contributed by atoms with Gasteiger partial charge in [0.15, 0.2) is 0 Å².